The zero-order chi connectivity index (χ0) is 20.9. The normalized spacial score (nSPS) is 11.6. The van der Waals surface area contributed by atoms with Gasteiger partial charge in [0, 0.05) is 31.6 Å². The van der Waals surface area contributed by atoms with Crippen LogP contribution in [-0.4, -0.2) is 49.9 Å². The molecule has 8 heteroatoms. The quantitative estimate of drug-likeness (QED) is 0.572. The summed E-state index contributed by atoms with van der Waals surface area (Å²) < 4.78 is 26.9. The molecule has 152 valence electrons. The SMILES string of the molecule is CCN(CC)S(=O)(=O)c1ccc(Cl)c(C(=O)N(C)Cc2ccc(SC)cc2)c1. The minimum atomic E-state index is -3.66. The summed E-state index contributed by atoms with van der Waals surface area (Å²) in [4.78, 5) is 15.7. The van der Waals surface area contributed by atoms with Gasteiger partial charge in [0.05, 0.1) is 15.5 Å². The number of hydrogen-bond acceptors (Lipinski definition) is 4. The van der Waals surface area contributed by atoms with E-state index >= 15 is 0 Å². The van der Waals surface area contributed by atoms with E-state index in [-0.39, 0.29) is 21.4 Å². The fourth-order valence-corrected chi connectivity index (χ4v) is 4.91. The summed E-state index contributed by atoms with van der Waals surface area (Å²) in [5, 5.41) is 0.230. The Morgan fingerprint density at radius 1 is 1.07 bits per heavy atom. The lowest BCUT2D eigenvalue weighted by Crippen LogP contribution is -2.31. The second kappa shape index (κ2) is 9.78. The Morgan fingerprint density at radius 2 is 1.68 bits per heavy atom. The lowest BCUT2D eigenvalue weighted by molar-refractivity contribution is 0.0785. The molecule has 28 heavy (non-hydrogen) atoms. The highest BCUT2D eigenvalue weighted by Crippen LogP contribution is 2.25. The van der Waals surface area contributed by atoms with E-state index in [2.05, 4.69) is 0 Å². The molecule has 0 bridgehead atoms. The fourth-order valence-electron chi connectivity index (χ4n) is 2.82. The summed E-state index contributed by atoms with van der Waals surface area (Å²) in [7, 11) is -1.99. The molecular weight excluding hydrogens is 416 g/mol. The average molecular weight is 441 g/mol. The van der Waals surface area contributed by atoms with Gasteiger partial charge in [0.15, 0.2) is 0 Å². The van der Waals surface area contributed by atoms with Crippen LogP contribution in [0.5, 0.6) is 0 Å². The Labute approximate surface area is 176 Å². The zero-order valence-corrected chi connectivity index (χ0v) is 18.9. The van der Waals surface area contributed by atoms with E-state index in [9.17, 15) is 13.2 Å². The first kappa shape index (κ1) is 22.7. The van der Waals surface area contributed by atoms with Crippen LogP contribution in [0.25, 0.3) is 0 Å². The molecule has 5 nitrogen and oxygen atoms in total. The number of halogens is 1. The Kier molecular flexibility index (Phi) is 7.95. The van der Waals surface area contributed by atoms with E-state index in [0.29, 0.717) is 19.6 Å². The van der Waals surface area contributed by atoms with Crippen LogP contribution in [0.15, 0.2) is 52.3 Å². The molecule has 0 heterocycles. The van der Waals surface area contributed by atoms with Crippen molar-refractivity contribution in [3.63, 3.8) is 0 Å². The van der Waals surface area contributed by atoms with Gasteiger partial charge in [0.1, 0.15) is 0 Å². The molecule has 2 rings (SSSR count). The molecule has 0 saturated carbocycles. The Hall–Kier alpha value is -1.54. The molecule has 0 fully saturated rings. The van der Waals surface area contributed by atoms with Crippen molar-refractivity contribution in [3.05, 3.63) is 58.6 Å². The van der Waals surface area contributed by atoms with Crippen molar-refractivity contribution < 1.29 is 13.2 Å². The van der Waals surface area contributed by atoms with Crippen molar-refractivity contribution in [2.24, 2.45) is 0 Å². The number of benzene rings is 2. The first-order chi connectivity index (χ1) is 13.2. The van der Waals surface area contributed by atoms with Crippen LogP contribution >= 0.6 is 23.4 Å². The lowest BCUT2D eigenvalue weighted by Gasteiger charge is -2.21. The molecule has 0 spiro atoms. The standard InChI is InChI=1S/C20H25ClN2O3S2/c1-5-23(6-2)28(25,26)17-11-12-19(21)18(13-17)20(24)22(3)14-15-7-9-16(27-4)10-8-15/h7-13H,5-6,14H2,1-4H3. The van der Waals surface area contributed by atoms with Crippen LogP contribution in [0.2, 0.25) is 5.02 Å². The second-order valence-electron chi connectivity index (χ2n) is 6.24. The van der Waals surface area contributed by atoms with E-state index < -0.39 is 10.0 Å². The molecule has 0 atom stereocenters. The van der Waals surface area contributed by atoms with E-state index in [0.717, 1.165) is 10.5 Å². The minimum Gasteiger partial charge on any atom is -0.337 e. The van der Waals surface area contributed by atoms with Gasteiger partial charge in [-0.2, -0.15) is 4.31 Å². The number of carbonyl (C=O) groups is 1. The number of hydrogen-bond donors (Lipinski definition) is 0. The monoisotopic (exact) mass is 440 g/mol. The summed E-state index contributed by atoms with van der Waals surface area (Å²) in [5.74, 6) is -0.324. The van der Waals surface area contributed by atoms with Crippen molar-refractivity contribution >= 4 is 39.3 Å². The van der Waals surface area contributed by atoms with Crippen molar-refractivity contribution in [1.29, 1.82) is 0 Å². The smallest absolute Gasteiger partial charge is 0.255 e. The van der Waals surface area contributed by atoms with Gasteiger partial charge in [-0.05, 0) is 42.2 Å². The van der Waals surface area contributed by atoms with Gasteiger partial charge < -0.3 is 4.90 Å². The molecule has 1 amide bonds. The van der Waals surface area contributed by atoms with Crippen LogP contribution in [0.4, 0.5) is 0 Å². The fraction of sp³-hybridized carbons (Fsp3) is 0.350. The van der Waals surface area contributed by atoms with Gasteiger partial charge in [-0.3, -0.25) is 4.79 Å². The van der Waals surface area contributed by atoms with E-state index in [4.69, 9.17) is 11.6 Å². The Morgan fingerprint density at radius 3 is 2.21 bits per heavy atom. The number of amides is 1. The maximum Gasteiger partial charge on any atom is 0.255 e. The molecule has 0 N–H and O–H groups in total. The molecule has 0 aromatic heterocycles. The summed E-state index contributed by atoms with van der Waals surface area (Å²) >= 11 is 7.87. The molecule has 0 unspecified atom stereocenters. The number of thioether (sulfide) groups is 1. The van der Waals surface area contributed by atoms with Gasteiger partial charge in [0.25, 0.3) is 5.91 Å². The zero-order valence-electron chi connectivity index (χ0n) is 16.5. The Bertz CT molecular complexity index is 927. The van der Waals surface area contributed by atoms with Crippen LogP contribution < -0.4 is 0 Å². The first-order valence-corrected chi connectivity index (χ1v) is 12.0. The van der Waals surface area contributed by atoms with Gasteiger partial charge in [0.2, 0.25) is 10.0 Å². The first-order valence-electron chi connectivity index (χ1n) is 8.92. The highest BCUT2D eigenvalue weighted by Gasteiger charge is 2.24. The predicted molar refractivity (Wildman–Crippen MR) is 116 cm³/mol. The van der Waals surface area contributed by atoms with E-state index in [1.165, 1.54) is 27.4 Å². The van der Waals surface area contributed by atoms with Crippen LogP contribution in [0, 0.1) is 0 Å². The number of sulfonamides is 1. The molecule has 2 aromatic rings. The third-order valence-corrected chi connectivity index (χ3v) is 7.56. The summed E-state index contributed by atoms with van der Waals surface area (Å²) in [6, 6.07) is 12.2. The molecule has 0 radical (unpaired) electrons. The van der Waals surface area contributed by atoms with E-state index in [1.807, 2.05) is 30.5 Å². The molecule has 0 aliphatic rings. The largest absolute Gasteiger partial charge is 0.337 e. The highest BCUT2D eigenvalue weighted by molar-refractivity contribution is 7.98. The summed E-state index contributed by atoms with van der Waals surface area (Å²) in [5.41, 5.74) is 1.16. The third kappa shape index (κ3) is 5.08. The van der Waals surface area contributed by atoms with Crippen LogP contribution in [-0.2, 0) is 16.6 Å². The topological polar surface area (TPSA) is 57.7 Å². The van der Waals surface area contributed by atoms with Gasteiger partial charge in [-0.15, -0.1) is 11.8 Å². The van der Waals surface area contributed by atoms with E-state index in [1.54, 1.807) is 32.7 Å². The highest BCUT2D eigenvalue weighted by atomic mass is 35.5. The van der Waals surface area contributed by atoms with Crippen molar-refractivity contribution in [2.45, 2.75) is 30.2 Å². The summed E-state index contributed by atoms with van der Waals surface area (Å²) in [6.07, 6.45) is 2.01. The maximum absolute atomic E-state index is 12.9. The number of rotatable bonds is 8. The third-order valence-electron chi connectivity index (χ3n) is 4.44. The molecule has 0 saturated heterocycles. The van der Waals surface area contributed by atoms with Crippen LogP contribution in [0.3, 0.4) is 0 Å². The molecule has 0 aliphatic heterocycles. The van der Waals surface area contributed by atoms with Crippen molar-refractivity contribution in [1.82, 2.24) is 9.21 Å². The van der Waals surface area contributed by atoms with Crippen molar-refractivity contribution in [2.75, 3.05) is 26.4 Å². The predicted octanol–water partition coefficient (Wildman–Crippen LogP) is 4.36. The van der Waals surface area contributed by atoms with Gasteiger partial charge in [-0.25, -0.2) is 8.42 Å². The number of nitrogens with zero attached hydrogens (tertiary/aromatic N) is 2. The average Bonchev–Trinajstić information content (AvgIpc) is 2.69. The molecule has 2 aromatic carbocycles. The van der Waals surface area contributed by atoms with Crippen molar-refractivity contribution in [3.8, 4) is 0 Å². The minimum absolute atomic E-state index is 0.0710. The van der Waals surface area contributed by atoms with Crippen LogP contribution in [0.1, 0.15) is 29.8 Å². The summed E-state index contributed by atoms with van der Waals surface area (Å²) in [6.45, 7) is 4.67. The lowest BCUT2D eigenvalue weighted by atomic mass is 10.1. The Balaban J connectivity index is 2.29. The number of carbonyl (C=O) groups excluding carboxylic acids is 1. The molecule has 0 aliphatic carbocycles. The van der Waals surface area contributed by atoms with Gasteiger partial charge >= 0.3 is 0 Å². The maximum atomic E-state index is 12.9. The molecular formula is C20H25ClN2O3S2. The second-order valence-corrected chi connectivity index (χ2v) is 9.47. The van der Waals surface area contributed by atoms with Gasteiger partial charge in [-0.1, -0.05) is 37.6 Å².